The Labute approximate surface area is 174 Å². The van der Waals surface area contributed by atoms with E-state index in [0.29, 0.717) is 0 Å². The lowest BCUT2D eigenvalue weighted by molar-refractivity contribution is -0.143. The van der Waals surface area contributed by atoms with Gasteiger partial charge in [0.2, 0.25) is 5.91 Å². The molecule has 3 N–H and O–H groups in total. The van der Waals surface area contributed by atoms with Crippen molar-refractivity contribution >= 4 is 18.0 Å². The average Bonchev–Trinajstić information content (AvgIpc) is 3.07. The van der Waals surface area contributed by atoms with E-state index in [4.69, 9.17) is 14.6 Å². The van der Waals surface area contributed by atoms with Crippen LogP contribution in [0.25, 0.3) is 11.1 Å². The van der Waals surface area contributed by atoms with E-state index >= 15 is 0 Å². The minimum absolute atomic E-state index is 0.0184. The number of fused-ring (bicyclic) bond motifs is 3. The van der Waals surface area contributed by atoms with Crippen molar-refractivity contribution in [2.75, 3.05) is 26.5 Å². The van der Waals surface area contributed by atoms with Crippen molar-refractivity contribution in [2.24, 2.45) is 5.92 Å². The largest absolute Gasteiger partial charge is 0.481 e. The number of ether oxygens (including phenoxy) is 2. The minimum Gasteiger partial charge on any atom is -0.481 e. The van der Waals surface area contributed by atoms with E-state index in [1.165, 1.54) is 6.92 Å². The number of alkyl carbamates (subject to hydrolysis) is 1. The van der Waals surface area contributed by atoms with Crippen molar-refractivity contribution in [3.05, 3.63) is 59.7 Å². The lowest BCUT2D eigenvalue weighted by Crippen LogP contribution is -2.38. The normalized spacial score (nSPS) is 13.1. The summed E-state index contributed by atoms with van der Waals surface area (Å²) in [6.45, 7) is 1.24. The highest BCUT2D eigenvalue weighted by molar-refractivity contribution is 5.82. The van der Waals surface area contributed by atoms with E-state index in [0.717, 1.165) is 22.3 Å². The van der Waals surface area contributed by atoms with E-state index < -0.39 is 23.9 Å². The number of carboxylic acid groups (broad SMARTS) is 1. The first-order chi connectivity index (χ1) is 14.5. The summed E-state index contributed by atoms with van der Waals surface area (Å²) in [6.07, 6.45) is -0.688. The molecule has 0 aromatic heterocycles. The lowest BCUT2D eigenvalue weighted by atomic mass is 9.98. The van der Waals surface area contributed by atoms with E-state index in [9.17, 15) is 14.4 Å². The summed E-state index contributed by atoms with van der Waals surface area (Å²) in [6, 6.07) is 16.0. The molecule has 0 radical (unpaired) electrons. The molecule has 8 nitrogen and oxygen atoms in total. The molecule has 0 aliphatic heterocycles. The smallest absolute Gasteiger partial charge is 0.407 e. The van der Waals surface area contributed by atoms with Crippen LogP contribution in [-0.2, 0) is 19.1 Å². The maximum absolute atomic E-state index is 12.0. The van der Waals surface area contributed by atoms with Crippen molar-refractivity contribution in [1.82, 2.24) is 10.6 Å². The van der Waals surface area contributed by atoms with Crippen LogP contribution in [0.3, 0.4) is 0 Å². The molecule has 30 heavy (non-hydrogen) atoms. The van der Waals surface area contributed by atoms with Crippen LogP contribution in [-0.4, -0.2) is 49.6 Å². The zero-order valence-corrected chi connectivity index (χ0v) is 16.6. The average molecular weight is 412 g/mol. The van der Waals surface area contributed by atoms with Gasteiger partial charge in [0.05, 0.1) is 12.5 Å². The molecule has 158 valence electrons. The highest BCUT2D eigenvalue weighted by atomic mass is 16.5. The Morgan fingerprint density at radius 1 is 1.00 bits per heavy atom. The molecule has 0 heterocycles. The third kappa shape index (κ3) is 5.15. The summed E-state index contributed by atoms with van der Waals surface area (Å²) in [7, 11) is 0. The first-order valence-electron chi connectivity index (χ1n) is 9.63. The third-order valence-electron chi connectivity index (χ3n) is 4.90. The van der Waals surface area contributed by atoms with Gasteiger partial charge in [-0.05, 0) is 29.2 Å². The van der Waals surface area contributed by atoms with E-state index in [2.05, 4.69) is 22.8 Å². The van der Waals surface area contributed by atoms with Gasteiger partial charge in [-0.15, -0.1) is 0 Å². The Hall–Kier alpha value is -3.39. The molecule has 0 saturated heterocycles. The predicted octanol–water partition coefficient (Wildman–Crippen LogP) is 2.34. The van der Waals surface area contributed by atoms with E-state index in [-0.39, 0.29) is 32.4 Å². The summed E-state index contributed by atoms with van der Waals surface area (Å²) < 4.78 is 10.4. The number of benzene rings is 2. The number of carbonyl (C=O) groups excluding carboxylic acids is 2. The SMILES string of the molecule is C[C@@H](COCNC(=O)CNC(=O)OCC1c2ccccc2-c2ccccc21)C(=O)O. The monoisotopic (exact) mass is 412 g/mol. The molecule has 0 unspecified atom stereocenters. The molecule has 0 saturated carbocycles. The summed E-state index contributed by atoms with van der Waals surface area (Å²) in [4.78, 5) is 34.4. The van der Waals surface area contributed by atoms with Gasteiger partial charge >= 0.3 is 12.1 Å². The van der Waals surface area contributed by atoms with Crippen molar-refractivity contribution in [3.8, 4) is 11.1 Å². The molecule has 8 heteroatoms. The molecule has 0 fully saturated rings. The second-order valence-corrected chi connectivity index (χ2v) is 7.03. The number of carboxylic acids is 1. The van der Waals surface area contributed by atoms with Crippen molar-refractivity contribution in [1.29, 1.82) is 0 Å². The Kier molecular flexibility index (Phi) is 7.03. The maximum atomic E-state index is 12.0. The second kappa shape index (κ2) is 9.89. The highest BCUT2D eigenvalue weighted by Gasteiger charge is 2.29. The fourth-order valence-electron chi connectivity index (χ4n) is 3.30. The van der Waals surface area contributed by atoms with Crippen molar-refractivity contribution in [3.63, 3.8) is 0 Å². The summed E-state index contributed by atoms with van der Waals surface area (Å²) in [5, 5.41) is 13.6. The Morgan fingerprint density at radius 2 is 1.60 bits per heavy atom. The van der Waals surface area contributed by atoms with Gasteiger partial charge in [-0.1, -0.05) is 48.5 Å². The molecule has 3 rings (SSSR count). The quantitative estimate of drug-likeness (QED) is 0.430. The number of nitrogens with one attached hydrogen (secondary N) is 2. The maximum Gasteiger partial charge on any atom is 0.407 e. The third-order valence-corrected chi connectivity index (χ3v) is 4.90. The Bertz CT molecular complexity index is 884. The van der Waals surface area contributed by atoms with Crippen LogP contribution in [0.5, 0.6) is 0 Å². The summed E-state index contributed by atoms with van der Waals surface area (Å²) in [5.41, 5.74) is 4.49. The van der Waals surface area contributed by atoms with Gasteiger partial charge in [0, 0.05) is 5.92 Å². The van der Waals surface area contributed by atoms with Gasteiger partial charge in [-0.2, -0.15) is 0 Å². The van der Waals surface area contributed by atoms with Gasteiger partial charge in [-0.25, -0.2) is 4.79 Å². The van der Waals surface area contributed by atoms with Gasteiger partial charge < -0.3 is 25.2 Å². The van der Waals surface area contributed by atoms with Crippen LogP contribution in [0.2, 0.25) is 0 Å². The molecular weight excluding hydrogens is 388 g/mol. The van der Waals surface area contributed by atoms with Crippen LogP contribution in [0.4, 0.5) is 4.79 Å². The van der Waals surface area contributed by atoms with E-state index in [1.54, 1.807) is 0 Å². The van der Waals surface area contributed by atoms with E-state index in [1.807, 2.05) is 36.4 Å². The molecule has 2 aromatic rings. The molecule has 0 spiro atoms. The van der Waals surface area contributed by atoms with Crippen LogP contribution in [0.1, 0.15) is 24.0 Å². The lowest BCUT2D eigenvalue weighted by Gasteiger charge is -2.14. The van der Waals surface area contributed by atoms with Gasteiger partial charge in [0.25, 0.3) is 0 Å². The predicted molar refractivity (Wildman–Crippen MR) is 109 cm³/mol. The zero-order valence-electron chi connectivity index (χ0n) is 16.6. The topological polar surface area (TPSA) is 114 Å². The molecule has 2 amide bonds. The fourth-order valence-corrected chi connectivity index (χ4v) is 3.30. The minimum atomic E-state index is -0.974. The molecule has 1 aliphatic rings. The molecular formula is C22H24N2O6. The fraction of sp³-hybridized carbons (Fsp3) is 0.318. The first-order valence-corrected chi connectivity index (χ1v) is 9.63. The molecule has 1 atom stereocenters. The zero-order chi connectivity index (χ0) is 21.5. The number of hydrogen-bond donors (Lipinski definition) is 3. The van der Waals surface area contributed by atoms with Gasteiger partial charge in [-0.3, -0.25) is 9.59 Å². The van der Waals surface area contributed by atoms with Crippen molar-refractivity contribution < 1.29 is 29.0 Å². The van der Waals surface area contributed by atoms with Crippen LogP contribution >= 0.6 is 0 Å². The summed E-state index contributed by atoms with van der Waals surface area (Å²) in [5.74, 6) is -2.16. The number of rotatable bonds is 9. The molecule has 1 aliphatic carbocycles. The Balaban J connectivity index is 1.42. The Morgan fingerprint density at radius 3 is 2.20 bits per heavy atom. The van der Waals surface area contributed by atoms with Crippen LogP contribution in [0, 0.1) is 5.92 Å². The number of hydrogen-bond acceptors (Lipinski definition) is 5. The van der Waals surface area contributed by atoms with Crippen molar-refractivity contribution in [2.45, 2.75) is 12.8 Å². The standard InChI is InChI=1S/C22H24N2O6/c1-14(21(26)27)11-29-13-24-20(25)10-23-22(28)30-12-19-17-8-4-2-6-15(17)16-7-3-5-9-18(16)19/h2-9,14,19H,10-13H2,1H3,(H,23,28)(H,24,25)(H,26,27)/t14-/m0/s1. The van der Waals surface area contributed by atoms with Gasteiger partial charge in [0.1, 0.15) is 19.9 Å². The number of aliphatic carboxylic acids is 1. The van der Waals surface area contributed by atoms with Gasteiger partial charge in [0.15, 0.2) is 0 Å². The number of amides is 2. The van der Waals surface area contributed by atoms with Crippen LogP contribution < -0.4 is 10.6 Å². The summed E-state index contributed by atoms with van der Waals surface area (Å²) >= 11 is 0. The second-order valence-electron chi connectivity index (χ2n) is 7.03. The number of carbonyl (C=O) groups is 3. The highest BCUT2D eigenvalue weighted by Crippen LogP contribution is 2.44. The first kappa shape index (κ1) is 21.3. The van der Waals surface area contributed by atoms with Crippen LogP contribution in [0.15, 0.2) is 48.5 Å². The molecule has 0 bridgehead atoms. The molecule has 2 aromatic carbocycles.